The normalized spacial score (nSPS) is 11.5. The third-order valence-corrected chi connectivity index (χ3v) is 2.61. The minimum atomic E-state index is -0.513. The van der Waals surface area contributed by atoms with Crippen LogP contribution in [0.4, 0.5) is 11.6 Å². The van der Waals surface area contributed by atoms with Crippen LogP contribution in [0.5, 0.6) is 0 Å². The van der Waals surface area contributed by atoms with Crippen LogP contribution in [0, 0.1) is 15.5 Å². The molecule has 0 aliphatic heterocycles. The number of aliphatic hydroxyl groups excluding tert-OH is 1. The number of aliphatic hydroxyl groups is 1. The van der Waals surface area contributed by atoms with E-state index in [1.807, 2.05) is 13.8 Å². The maximum atomic E-state index is 10.7. The van der Waals surface area contributed by atoms with Gasteiger partial charge in [0.1, 0.15) is 0 Å². The van der Waals surface area contributed by atoms with Gasteiger partial charge in [-0.3, -0.25) is 4.57 Å². The molecule has 7 nitrogen and oxygen atoms in total. The van der Waals surface area contributed by atoms with Gasteiger partial charge in [0, 0.05) is 20.2 Å². The van der Waals surface area contributed by atoms with Crippen LogP contribution in [0.1, 0.15) is 20.3 Å². The average molecular weight is 242 g/mol. The number of hydrogen-bond donors (Lipinski definition) is 2. The van der Waals surface area contributed by atoms with Crippen molar-refractivity contribution in [1.82, 2.24) is 9.55 Å². The van der Waals surface area contributed by atoms with Crippen molar-refractivity contribution in [2.45, 2.75) is 20.3 Å². The van der Waals surface area contributed by atoms with Crippen LogP contribution in [0.2, 0.25) is 0 Å². The highest BCUT2D eigenvalue weighted by atomic mass is 16.6. The largest absolute Gasteiger partial charge is 0.406 e. The minimum Gasteiger partial charge on any atom is -0.396 e. The quantitative estimate of drug-likeness (QED) is 0.576. The van der Waals surface area contributed by atoms with Gasteiger partial charge in [0.25, 0.3) is 0 Å². The third-order valence-electron chi connectivity index (χ3n) is 2.61. The van der Waals surface area contributed by atoms with E-state index in [0.717, 1.165) is 0 Å². The zero-order valence-electron chi connectivity index (χ0n) is 10.3. The summed E-state index contributed by atoms with van der Waals surface area (Å²) in [7, 11) is 1.70. The summed E-state index contributed by atoms with van der Waals surface area (Å²) in [5.41, 5.74) is -0.132. The van der Waals surface area contributed by atoms with Crippen molar-refractivity contribution < 1.29 is 10.0 Å². The van der Waals surface area contributed by atoms with Crippen LogP contribution < -0.4 is 5.32 Å². The predicted molar refractivity (Wildman–Crippen MR) is 63.8 cm³/mol. The summed E-state index contributed by atoms with van der Waals surface area (Å²) in [4.78, 5) is 13.9. The van der Waals surface area contributed by atoms with Gasteiger partial charge >= 0.3 is 5.82 Å². The number of nitrogens with one attached hydrogen (secondary N) is 1. The Morgan fingerprint density at radius 3 is 2.82 bits per heavy atom. The Hall–Kier alpha value is -1.63. The monoisotopic (exact) mass is 242 g/mol. The molecule has 0 unspecified atom stereocenters. The van der Waals surface area contributed by atoms with Crippen LogP contribution in [0.15, 0.2) is 6.33 Å². The molecule has 0 aliphatic carbocycles. The molecule has 17 heavy (non-hydrogen) atoms. The first kappa shape index (κ1) is 13.4. The molecule has 1 heterocycles. The first-order valence-corrected chi connectivity index (χ1v) is 5.38. The molecule has 2 N–H and O–H groups in total. The maximum absolute atomic E-state index is 10.7. The lowest BCUT2D eigenvalue weighted by atomic mass is 9.90. The molecule has 1 aromatic heterocycles. The highest BCUT2D eigenvalue weighted by Crippen LogP contribution is 2.25. The Bertz CT molecular complexity index is 400. The fraction of sp³-hybridized carbons (Fsp3) is 0.700. The minimum absolute atomic E-state index is 0.0994. The molecule has 0 spiro atoms. The number of nitrogens with zero attached hydrogens (tertiary/aromatic N) is 3. The lowest BCUT2D eigenvalue weighted by molar-refractivity contribution is -0.388. The zero-order valence-corrected chi connectivity index (χ0v) is 10.3. The Morgan fingerprint density at radius 1 is 1.65 bits per heavy atom. The zero-order chi connectivity index (χ0) is 13.1. The molecule has 0 radical (unpaired) electrons. The molecule has 0 fully saturated rings. The van der Waals surface area contributed by atoms with Gasteiger partial charge in [-0.15, -0.1) is 0 Å². The molecule has 96 valence electrons. The molecular formula is C10H18N4O3. The van der Waals surface area contributed by atoms with E-state index >= 15 is 0 Å². The van der Waals surface area contributed by atoms with Gasteiger partial charge in [-0.2, -0.15) is 0 Å². The summed E-state index contributed by atoms with van der Waals surface area (Å²) in [6.07, 6.45) is 2.03. The molecule has 7 heteroatoms. The molecule has 0 saturated carbocycles. The summed E-state index contributed by atoms with van der Waals surface area (Å²) in [6.45, 7) is 4.60. The molecule has 0 bridgehead atoms. The van der Waals surface area contributed by atoms with E-state index in [1.54, 1.807) is 11.6 Å². The lowest BCUT2D eigenvalue weighted by Gasteiger charge is -2.24. The number of aryl methyl sites for hydroxylation is 1. The van der Waals surface area contributed by atoms with Crippen LogP contribution in [0.3, 0.4) is 0 Å². The van der Waals surface area contributed by atoms with Crippen molar-refractivity contribution >= 4 is 11.6 Å². The Balaban J connectivity index is 2.75. The molecule has 0 saturated heterocycles. The molecule has 0 aromatic carbocycles. The first-order valence-electron chi connectivity index (χ1n) is 5.38. The van der Waals surface area contributed by atoms with Gasteiger partial charge in [-0.25, -0.2) is 0 Å². The fourth-order valence-electron chi connectivity index (χ4n) is 1.47. The van der Waals surface area contributed by atoms with Crippen LogP contribution in [-0.2, 0) is 7.05 Å². The highest BCUT2D eigenvalue weighted by Gasteiger charge is 2.23. The Labute approximate surface area is 99.6 Å². The van der Waals surface area contributed by atoms with Crippen molar-refractivity contribution in [1.29, 1.82) is 0 Å². The van der Waals surface area contributed by atoms with Crippen LogP contribution in [-0.4, -0.2) is 32.7 Å². The van der Waals surface area contributed by atoms with Gasteiger partial charge in [-0.1, -0.05) is 13.8 Å². The van der Waals surface area contributed by atoms with Crippen molar-refractivity contribution in [2.75, 3.05) is 18.5 Å². The topological polar surface area (TPSA) is 93.2 Å². The summed E-state index contributed by atoms with van der Waals surface area (Å²) >= 11 is 0. The molecule has 1 rings (SSSR count). The molecule has 1 aromatic rings. The van der Waals surface area contributed by atoms with Crippen molar-refractivity contribution in [3.63, 3.8) is 0 Å². The van der Waals surface area contributed by atoms with Crippen molar-refractivity contribution in [2.24, 2.45) is 12.5 Å². The number of anilines is 1. The second kappa shape index (κ2) is 5.13. The number of nitro groups is 1. The van der Waals surface area contributed by atoms with Gasteiger partial charge < -0.3 is 20.5 Å². The summed E-state index contributed by atoms with van der Waals surface area (Å²) in [5, 5.41) is 22.7. The predicted octanol–water partition coefficient (Wildman–Crippen LogP) is 1.15. The van der Waals surface area contributed by atoms with Crippen LogP contribution in [0.25, 0.3) is 0 Å². The molecule has 0 aliphatic rings. The summed E-state index contributed by atoms with van der Waals surface area (Å²) < 4.78 is 1.58. The van der Waals surface area contributed by atoms with Gasteiger partial charge in [0.15, 0.2) is 0 Å². The standard InChI is InChI=1S/C10H18N4O3/c1-10(2,4-5-15)6-11-8-9(14(16)17)12-7-13(8)3/h7,11,15H,4-6H2,1-3H3. The second-order valence-corrected chi connectivity index (χ2v) is 4.78. The van der Waals surface area contributed by atoms with Crippen molar-refractivity contribution in [3.8, 4) is 0 Å². The summed E-state index contributed by atoms with van der Waals surface area (Å²) in [5.74, 6) is 0.216. The first-order chi connectivity index (χ1) is 7.87. The maximum Gasteiger partial charge on any atom is 0.406 e. The third kappa shape index (κ3) is 3.42. The SMILES string of the molecule is Cn1cnc([N+](=O)[O-])c1NCC(C)(C)CCO. The number of rotatable bonds is 6. The van der Waals surface area contributed by atoms with Gasteiger partial charge in [-0.05, 0) is 21.7 Å². The second-order valence-electron chi connectivity index (χ2n) is 4.78. The highest BCUT2D eigenvalue weighted by molar-refractivity contribution is 5.52. The number of imidazole rings is 1. The van der Waals surface area contributed by atoms with Gasteiger partial charge in [0.05, 0.1) is 0 Å². The van der Waals surface area contributed by atoms with Gasteiger partial charge in [0.2, 0.25) is 12.1 Å². The van der Waals surface area contributed by atoms with E-state index in [9.17, 15) is 10.1 Å². The Morgan fingerprint density at radius 2 is 2.29 bits per heavy atom. The fourth-order valence-corrected chi connectivity index (χ4v) is 1.47. The molecule has 0 atom stereocenters. The van der Waals surface area contributed by atoms with E-state index in [0.29, 0.717) is 18.8 Å². The smallest absolute Gasteiger partial charge is 0.396 e. The average Bonchev–Trinajstić information content (AvgIpc) is 2.57. The van der Waals surface area contributed by atoms with E-state index < -0.39 is 4.92 Å². The molecular weight excluding hydrogens is 224 g/mol. The Kier molecular flexibility index (Phi) is 4.06. The van der Waals surface area contributed by atoms with E-state index in [2.05, 4.69) is 10.3 Å². The van der Waals surface area contributed by atoms with E-state index in [1.165, 1.54) is 6.33 Å². The van der Waals surface area contributed by atoms with E-state index in [-0.39, 0.29) is 17.8 Å². The molecule has 0 amide bonds. The van der Waals surface area contributed by atoms with Crippen LogP contribution >= 0.6 is 0 Å². The van der Waals surface area contributed by atoms with E-state index in [4.69, 9.17) is 5.11 Å². The number of aromatic nitrogens is 2. The lowest BCUT2D eigenvalue weighted by Crippen LogP contribution is -2.25. The number of hydrogen-bond acceptors (Lipinski definition) is 5. The summed E-state index contributed by atoms with van der Waals surface area (Å²) in [6, 6.07) is 0. The van der Waals surface area contributed by atoms with Crippen molar-refractivity contribution in [3.05, 3.63) is 16.4 Å².